The molecule has 0 saturated heterocycles. The molecular formula is C58H41N. The Bertz CT molecular complexity index is 3400. The Morgan fingerprint density at radius 1 is 0.390 bits per heavy atom. The summed E-state index contributed by atoms with van der Waals surface area (Å²) >= 11 is 0. The Morgan fingerprint density at radius 3 is 1.49 bits per heavy atom. The van der Waals surface area contributed by atoms with Crippen LogP contribution in [0.1, 0.15) is 18.4 Å². The zero-order chi connectivity index (χ0) is 38.9. The summed E-state index contributed by atoms with van der Waals surface area (Å²) in [7, 11) is 0. The van der Waals surface area contributed by atoms with Crippen molar-refractivity contribution in [1.82, 2.24) is 0 Å². The molecule has 0 fully saturated rings. The average Bonchev–Trinajstić information content (AvgIpc) is 3.76. The Kier molecular flexibility index (Phi) is 7.88. The van der Waals surface area contributed by atoms with E-state index in [-0.39, 0.29) is 0 Å². The molecule has 0 saturated carbocycles. The van der Waals surface area contributed by atoms with Crippen LogP contribution >= 0.6 is 0 Å². The summed E-state index contributed by atoms with van der Waals surface area (Å²) in [5.74, 6) is 0.410. The molecule has 2 atom stereocenters. The zero-order valence-electron chi connectivity index (χ0n) is 32.7. The second kappa shape index (κ2) is 13.7. The van der Waals surface area contributed by atoms with Crippen LogP contribution in [0, 0.1) is 5.92 Å². The van der Waals surface area contributed by atoms with Crippen LogP contribution in [0.15, 0.2) is 212 Å². The minimum absolute atomic E-state index is 0.304. The van der Waals surface area contributed by atoms with Crippen molar-refractivity contribution in [2.45, 2.75) is 18.9 Å². The molecule has 1 heteroatoms. The first kappa shape index (κ1) is 33.9. The summed E-state index contributed by atoms with van der Waals surface area (Å²) in [5.41, 5.74) is 8.89. The van der Waals surface area contributed by atoms with Crippen LogP contribution in [0.4, 0.5) is 5.69 Å². The van der Waals surface area contributed by atoms with Gasteiger partial charge < -0.3 is 4.90 Å². The molecule has 1 heterocycles. The number of rotatable bonds is 5. The maximum atomic E-state index is 2.66. The molecule has 10 aromatic rings. The highest BCUT2D eigenvalue weighted by Crippen LogP contribution is 2.50. The molecule has 1 nitrogen and oxygen atoms in total. The van der Waals surface area contributed by atoms with Gasteiger partial charge in [0, 0.05) is 23.3 Å². The van der Waals surface area contributed by atoms with Crippen molar-refractivity contribution in [2.24, 2.45) is 5.92 Å². The molecule has 0 amide bonds. The van der Waals surface area contributed by atoms with Gasteiger partial charge >= 0.3 is 0 Å². The van der Waals surface area contributed by atoms with Crippen molar-refractivity contribution in [3.63, 3.8) is 0 Å². The Balaban J connectivity index is 1.22. The molecule has 10 aromatic carbocycles. The van der Waals surface area contributed by atoms with Gasteiger partial charge in [-0.2, -0.15) is 0 Å². The van der Waals surface area contributed by atoms with E-state index in [1.54, 1.807) is 0 Å². The first-order valence-corrected chi connectivity index (χ1v) is 21.0. The van der Waals surface area contributed by atoms with Gasteiger partial charge in [0.25, 0.3) is 0 Å². The van der Waals surface area contributed by atoms with Crippen LogP contribution in [-0.2, 0) is 0 Å². The average molecular weight is 752 g/mol. The first-order valence-electron chi connectivity index (χ1n) is 21.0. The lowest BCUT2D eigenvalue weighted by atomic mass is 9.82. The number of fused-ring (bicyclic) bond motifs is 8. The molecule has 0 spiro atoms. The van der Waals surface area contributed by atoms with Gasteiger partial charge in [-0.15, -0.1) is 0 Å². The minimum atomic E-state index is 0.304. The molecule has 1 aliphatic heterocycles. The van der Waals surface area contributed by atoms with Crippen molar-refractivity contribution in [2.75, 3.05) is 4.90 Å². The van der Waals surface area contributed by atoms with E-state index in [0.717, 1.165) is 12.8 Å². The number of allylic oxidation sites excluding steroid dienone is 3. The predicted octanol–water partition coefficient (Wildman–Crippen LogP) is 15.7. The lowest BCUT2D eigenvalue weighted by Crippen LogP contribution is -2.35. The van der Waals surface area contributed by atoms with Crippen LogP contribution in [0.2, 0.25) is 0 Å². The molecule has 0 radical (unpaired) electrons. The van der Waals surface area contributed by atoms with Gasteiger partial charge in [-0.25, -0.2) is 0 Å². The third kappa shape index (κ3) is 5.39. The summed E-state index contributed by atoms with van der Waals surface area (Å²) in [6.45, 7) is 0. The van der Waals surface area contributed by atoms with Crippen LogP contribution in [-0.4, -0.2) is 6.04 Å². The minimum Gasteiger partial charge on any atom is -0.337 e. The second-order valence-corrected chi connectivity index (χ2v) is 16.2. The summed E-state index contributed by atoms with van der Waals surface area (Å²) in [6.07, 6.45) is 13.7. The van der Waals surface area contributed by atoms with E-state index in [1.165, 1.54) is 104 Å². The highest BCUT2D eigenvalue weighted by molar-refractivity contribution is 6.28. The fraction of sp³-hybridized carbons (Fsp3) is 0.0690. The van der Waals surface area contributed by atoms with Gasteiger partial charge in [-0.05, 0) is 130 Å². The summed E-state index contributed by atoms with van der Waals surface area (Å²) in [5, 5.41) is 15.3. The van der Waals surface area contributed by atoms with E-state index in [4.69, 9.17) is 0 Å². The number of nitrogens with zero attached hydrogens (tertiary/aromatic N) is 1. The summed E-state index contributed by atoms with van der Waals surface area (Å²) < 4.78 is 0. The van der Waals surface area contributed by atoms with Crippen molar-refractivity contribution in [1.29, 1.82) is 0 Å². The largest absolute Gasteiger partial charge is 0.337 e. The lowest BCUT2D eigenvalue weighted by molar-refractivity contribution is 0.514. The van der Waals surface area contributed by atoms with Gasteiger partial charge in [-0.1, -0.05) is 188 Å². The number of benzene rings is 10. The van der Waals surface area contributed by atoms with E-state index < -0.39 is 0 Å². The standard InChI is InChI=1S/C58H41N/c1-3-17-38(18-4-1)55-33-34-56(39-19-5-2-6-20-39)59(55)42-31-32-51-54(37-42)58(53-36-41-22-8-10-24-44(41)46-26-12-14-28-48(46)53)50-30-16-15-29-49(50)57(51)52-35-40-21-7-9-23-43(40)45-25-11-13-27-47(45)52/h1-19,21-33,35-37,39,56H,20,34H2. The van der Waals surface area contributed by atoms with E-state index in [9.17, 15) is 0 Å². The van der Waals surface area contributed by atoms with Gasteiger partial charge in [0.1, 0.15) is 0 Å². The summed E-state index contributed by atoms with van der Waals surface area (Å²) in [4.78, 5) is 2.66. The lowest BCUT2D eigenvalue weighted by Gasteiger charge is -2.35. The first-order chi connectivity index (χ1) is 29.3. The Hall–Kier alpha value is -7.22. The topological polar surface area (TPSA) is 3.24 Å². The zero-order valence-corrected chi connectivity index (χ0v) is 32.7. The fourth-order valence-electron chi connectivity index (χ4n) is 10.5. The van der Waals surface area contributed by atoms with Crippen LogP contribution in [0.5, 0.6) is 0 Å². The van der Waals surface area contributed by atoms with E-state index in [0.29, 0.717) is 12.0 Å². The molecule has 0 bridgehead atoms. The highest BCUT2D eigenvalue weighted by atomic mass is 15.2. The van der Waals surface area contributed by atoms with E-state index in [1.807, 2.05) is 0 Å². The Labute approximate surface area is 344 Å². The monoisotopic (exact) mass is 751 g/mol. The van der Waals surface area contributed by atoms with Crippen molar-refractivity contribution < 1.29 is 0 Å². The number of hydrogen-bond donors (Lipinski definition) is 0. The molecule has 2 unspecified atom stereocenters. The normalized spacial score (nSPS) is 16.6. The highest BCUT2D eigenvalue weighted by Gasteiger charge is 2.34. The fourth-order valence-corrected chi connectivity index (χ4v) is 10.5. The van der Waals surface area contributed by atoms with Crippen LogP contribution in [0.25, 0.3) is 92.6 Å². The van der Waals surface area contributed by atoms with Gasteiger partial charge in [0.2, 0.25) is 0 Å². The second-order valence-electron chi connectivity index (χ2n) is 16.2. The molecule has 2 aliphatic rings. The number of anilines is 1. The van der Waals surface area contributed by atoms with Crippen LogP contribution < -0.4 is 4.90 Å². The molecule has 0 N–H and O–H groups in total. The van der Waals surface area contributed by atoms with Gasteiger partial charge in [0.15, 0.2) is 0 Å². The number of hydrogen-bond acceptors (Lipinski definition) is 1. The maximum absolute atomic E-state index is 2.66. The van der Waals surface area contributed by atoms with Crippen molar-refractivity contribution in [3.05, 3.63) is 218 Å². The predicted molar refractivity (Wildman–Crippen MR) is 254 cm³/mol. The SMILES string of the molecule is C1=CCC(C2CC=C(c3ccccc3)N2c2ccc3c(-c4cc5ccccc5c5ccccc45)c4ccccc4c(-c4cc5ccccc5c5ccccc45)c3c2)C=C1. The molecule has 12 rings (SSSR count). The quantitative estimate of drug-likeness (QED) is 0.125. The maximum Gasteiger partial charge on any atom is 0.0447 e. The molecule has 278 valence electrons. The van der Waals surface area contributed by atoms with Gasteiger partial charge in [-0.3, -0.25) is 0 Å². The molecule has 0 aromatic heterocycles. The summed E-state index contributed by atoms with van der Waals surface area (Å²) in [6, 6.07) is 68.4. The third-order valence-electron chi connectivity index (χ3n) is 13.1. The molecular weight excluding hydrogens is 711 g/mol. The van der Waals surface area contributed by atoms with Crippen LogP contribution in [0.3, 0.4) is 0 Å². The third-order valence-corrected chi connectivity index (χ3v) is 13.1. The molecule has 59 heavy (non-hydrogen) atoms. The Morgan fingerprint density at radius 2 is 0.898 bits per heavy atom. The smallest absolute Gasteiger partial charge is 0.0447 e. The van der Waals surface area contributed by atoms with E-state index in [2.05, 4.69) is 217 Å². The van der Waals surface area contributed by atoms with Crippen molar-refractivity contribution >= 4 is 76.0 Å². The van der Waals surface area contributed by atoms with Crippen molar-refractivity contribution in [3.8, 4) is 22.3 Å². The molecule has 1 aliphatic carbocycles. The van der Waals surface area contributed by atoms with E-state index >= 15 is 0 Å². The van der Waals surface area contributed by atoms with Gasteiger partial charge in [0.05, 0.1) is 0 Å².